The van der Waals surface area contributed by atoms with Gasteiger partial charge in [-0.2, -0.15) is 0 Å². The third-order valence-electron chi connectivity index (χ3n) is 4.45. The normalized spacial score (nSPS) is 11.8. The second-order valence-corrected chi connectivity index (χ2v) is 6.45. The number of nitrogens with one attached hydrogen (secondary N) is 1. The zero-order chi connectivity index (χ0) is 15.6. The van der Waals surface area contributed by atoms with Gasteiger partial charge >= 0.3 is 0 Å². The van der Waals surface area contributed by atoms with Gasteiger partial charge < -0.3 is 11.1 Å². The number of aromatic nitrogens is 1. The van der Waals surface area contributed by atoms with Crippen molar-refractivity contribution < 1.29 is 4.79 Å². The molecule has 0 bridgehead atoms. The number of anilines is 1. The van der Waals surface area contributed by atoms with Gasteiger partial charge in [0.1, 0.15) is 9.71 Å². The second-order valence-electron chi connectivity index (χ2n) is 5.45. The Morgan fingerprint density at radius 2 is 1.95 bits per heavy atom. The predicted octanol–water partition coefficient (Wildman–Crippen LogP) is 3.89. The highest BCUT2D eigenvalue weighted by Crippen LogP contribution is 2.34. The van der Waals surface area contributed by atoms with E-state index in [4.69, 9.17) is 5.73 Å². The number of nitrogen functional groups attached to an aromatic ring is 1. The molecule has 0 aliphatic rings. The summed E-state index contributed by atoms with van der Waals surface area (Å²) < 4.78 is 0. The molecular formula is C16H23N3OS. The summed E-state index contributed by atoms with van der Waals surface area (Å²) in [7, 11) is 0. The van der Waals surface area contributed by atoms with Crippen LogP contribution in [0.2, 0.25) is 0 Å². The minimum absolute atomic E-state index is 0.0829. The van der Waals surface area contributed by atoms with Crippen molar-refractivity contribution in [2.75, 3.05) is 5.73 Å². The van der Waals surface area contributed by atoms with E-state index in [1.54, 1.807) is 6.20 Å². The molecule has 5 heteroatoms. The average molecular weight is 305 g/mol. The van der Waals surface area contributed by atoms with Crippen molar-refractivity contribution in [1.29, 1.82) is 0 Å². The molecule has 114 valence electrons. The lowest BCUT2D eigenvalue weighted by molar-refractivity contribution is 0.0893. The molecule has 21 heavy (non-hydrogen) atoms. The van der Waals surface area contributed by atoms with Crippen LogP contribution in [0.4, 0.5) is 5.69 Å². The topological polar surface area (TPSA) is 68.0 Å². The van der Waals surface area contributed by atoms with E-state index >= 15 is 0 Å². The van der Waals surface area contributed by atoms with Crippen LogP contribution < -0.4 is 11.1 Å². The van der Waals surface area contributed by atoms with Gasteiger partial charge in [0, 0.05) is 17.1 Å². The molecule has 0 aliphatic carbocycles. The van der Waals surface area contributed by atoms with Crippen molar-refractivity contribution in [3.8, 4) is 0 Å². The summed E-state index contributed by atoms with van der Waals surface area (Å²) in [6, 6.07) is 1.92. The van der Waals surface area contributed by atoms with E-state index in [1.165, 1.54) is 11.3 Å². The largest absolute Gasteiger partial charge is 0.397 e. The van der Waals surface area contributed by atoms with E-state index in [-0.39, 0.29) is 11.4 Å². The number of aryl methyl sites for hydroxylation is 1. The van der Waals surface area contributed by atoms with Crippen LogP contribution in [0.5, 0.6) is 0 Å². The fourth-order valence-corrected chi connectivity index (χ4v) is 3.72. The highest BCUT2D eigenvalue weighted by Gasteiger charge is 2.28. The number of fused-ring (bicyclic) bond motifs is 1. The van der Waals surface area contributed by atoms with Crippen molar-refractivity contribution in [3.63, 3.8) is 0 Å². The molecule has 0 radical (unpaired) electrons. The van der Waals surface area contributed by atoms with E-state index in [0.717, 1.165) is 35.0 Å². The van der Waals surface area contributed by atoms with E-state index in [1.807, 2.05) is 13.0 Å². The lowest BCUT2D eigenvalue weighted by Gasteiger charge is -2.31. The van der Waals surface area contributed by atoms with E-state index in [0.29, 0.717) is 10.6 Å². The van der Waals surface area contributed by atoms with Crippen molar-refractivity contribution >= 4 is 33.1 Å². The summed E-state index contributed by atoms with van der Waals surface area (Å²) in [6.45, 7) is 8.30. The summed E-state index contributed by atoms with van der Waals surface area (Å²) in [6.07, 6.45) is 4.49. The standard InChI is InChI=1S/C16H23N3OS/c1-5-16(6-2,7-3)19-14(20)13-12(17)11-10(4)8-9-18-15(11)21-13/h8-9H,5-7,17H2,1-4H3,(H,19,20). The second kappa shape index (κ2) is 6.02. The molecule has 0 spiro atoms. The van der Waals surface area contributed by atoms with E-state index in [2.05, 4.69) is 31.1 Å². The average Bonchev–Trinajstić information content (AvgIpc) is 2.83. The van der Waals surface area contributed by atoms with Gasteiger partial charge in [0.05, 0.1) is 5.69 Å². The third kappa shape index (κ3) is 2.75. The zero-order valence-electron chi connectivity index (χ0n) is 13.1. The Labute approximate surface area is 129 Å². The van der Waals surface area contributed by atoms with Gasteiger partial charge in [-0.3, -0.25) is 4.79 Å². The number of rotatable bonds is 5. The Kier molecular flexibility index (Phi) is 4.52. The van der Waals surface area contributed by atoms with Gasteiger partial charge in [-0.25, -0.2) is 4.98 Å². The number of hydrogen-bond acceptors (Lipinski definition) is 4. The van der Waals surface area contributed by atoms with Crippen LogP contribution in [-0.4, -0.2) is 16.4 Å². The summed E-state index contributed by atoms with van der Waals surface area (Å²) in [5.74, 6) is -0.0829. The quantitative estimate of drug-likeness (QED) is 0.880. The van der Waals surface area contributed by atoms with Gasteiger partial charge in [0.25, 0.3) is 5.91 Å². The van der Waals surface area contributed by atoms with Crippen LogP contribution in [0, 0.1) is 6.92 Å². The Hall–Kier alpha value is -1.62. The Morgan fingerprint density at radius 3 is 2.48 bits per heavy atom. The van der Waals surface area contributed by atoms with Crippen LogP contribution in [0.25, 0.3) is 10.2 Å². The maximum atomic E-state index is 12.6. The van der Waals surface area contributed by atoms with Crippen LogP contribution in [-0.2, 0) is 0 Å². The molecule has 2 aromatic heterocycles. The van der Waals surface area contributed by atoms with Crippen molar-refractivity contribution in [1.82, 2.24) is 10.3 Å². The molecule has 0 saturated carbocycles. The fraction of sp³-hybridized carbons (Fsp3) is 0.500. The smallest absolute Gasteiger partial charge is 0.264 e. The maximum absolute atomic E-state index is 12.6. The lowest BCUT2D eigenvalue weighted by Crippen LogP contribution is -2.47. The van der Waals surface area contributed by atoms with Gasteiger partial charge in [-0.15, -0.1) is 11.3 Å². The SMILES string of the molecule is CCC(CC)(CC)NC(=O)c1sc2nccc(C)c2c1N. The highest BCUT2D eigenvalue weighted by atomic mass is 32.1. The number of thiophene rings is 1. The Bertz CT molecular complexity index is 651. The van der Waals surface area contributed by atoms with Gasteiger partial charge in [-0.05, 0) is 37.8 Å². The first-order chi connectivity index (χ1) is 9.98. The Balaban J connectivity index is 2.41. The first kappa shape index (κ1) is 15.8. The summed E-state index contributed by atoms with van der Waals surface area (Å²) >= 11 is 1.37. The third-order valence-corrected chi connectivity index (χ3v) is 5.56. The summed E-state index contributed by atoms with van der Waals surface area (Å²) in [4.78, 5) is 18.4. The monoisotopic (exact) mass is 305 g/mol. The van der Waals surface area contributed by atoms with Crippen LogP contribution in [0.15, 0.2) is 12.3 Å². The highest BCUT2D eigenvalue weighted by molar-refractivity contribution is 7.21. The molecule has 1 amide bonds. The summed E-state index contributed by atoms with van der Waals surface area (Å²) in [5, 5.41) is 4.09. The number of nitrogens with two attached hydrogens (primary N) is 1. The molecule has 0 saturated heterocycles. The molecule has 0 aromatic carbocycles. The fourth-order valence-electron chi connectivity index (χ4n) is 2.68. The van der Waals surface area contributed by atoms with Crippen molar-refractivity contribution in [2.45, 2.75) is 52.5 Å². The lowest BCUT2D eigenvalue weighted by atomic mass is 9.89. The molecule has 4 nitrogen and oxygen atoms in total. The predicted molar refractivity (Wildman–Crippen MR) is 89.8 cm³/mol. The number of amides is 1. The minimum atomic E-state index is -0.151. The van der Waals surface area contributed by atoms with E-state index < -0.39 is 0 Å². The maximum Gasteiger partial charge on any atom is 0.264 e. The van der Waals surface area contributed by atoms with Gasteiger partial charge in [0.2, 0.25) is 0 Å². The molecule has 0 unspecified atom stereocenters. The molecule has 2 aromatic rings. The zero-order valence-corrected chi connectivity index (χ0v) is 13.9. The summed E-state index contributed by atoms with van der Waals surface area (Å²) in [5.41, 5.74) is 7.65. The van der Waals surface area contributed by atoms with Crippen LogP contribution in [0.3, 0.4) is 0 Å². The Morgan fingerprint density at radius 1 is 1.33 bits per heavy atom. The molecule has 0 atom stereocenters. The number of carbonyl (C=O) groups excluding carboxylic acids is 1. The van der Waals surface area contributed by atoms with Crippen LogP contribution in [0.1, 0.15) is 55.3 Å². The van der Waals surface area contributed by atoms with Crippen LogP contribution >= 0.6 is 11.3 Å². The van der Waals surface area contributed by atoms with Crippen molar-refractivity contribution in [2.24, 2.45) is 0 Å². The molecule has 0 fully saturated rings. The molecular weight excluding hydrogens is 282 g/mol. The van der Waals surface area contributed by atoms with E-state index in [9.17, 15) is 4.79 Å². The number of pyridine rings is 1. The minimum Gasteiger partial charge on any atom is -0.397 e. The molecule has 2 heterocycles. The number of nitrogens with zero attached hydrogens (tertiary/aromatic N) is 1. The molecule has 3 N–H and O–H groups in total. The first-order valence-corrected chi connectivity index (χ1v) is 8.25. The van der Waals surface area contributed by atoms with Crippen molar-refractivity contribution in [3.05, 3.63) is 22.7 Å². The van der Waals surface area contributed by atoms with Gasteiger partial charge in [0.15, 0.2) is 0 Å². The molecule has 0 aliphatic heterocycles. The number of carbonyl (C=O) groups is 1. The molecule has 2 rings (SSSR count). The first-order valence-electron chi connectivity index (χ1n) is 7.44. The number of hydrogen-bond donors (Lipinski definition) is 2. The van der Waals surface area contributed by atoms with Gasteiger partial charge in [-0.1, -0.05) is 20.8 Å².